The molecule has 0 saturated heterocycles. The van der Waals surface area contributed by atoms with Gasteiger partial charge in [0.25, 0.3) is 0 Å². The first kappa shape index (κ1) is 17.4. The number of nitrogens with one attached hydrogen (secondary N) is 2. The fraction of sp³-hybridized carbons (Fsp3) is 0.500. The molecule has 0 unspecified atom stereocenters. The van der Waals surface area contributed by atoms with Crippen molar-refractivity contribution in [1.82, 2.24) is 5.27 Å². The van der Waals surface area contributed by atoms with Gasteiger partial charge in [0, 0.05) is 4.88 Å². The number of amides is 1. The van der Waals surface area contributed by atoms with Gasteiger partial charge in [0.2, 0.25) is 0 Å². The number of H-pyrrole nitrogens is 1. The maximum Gasteiger partial charge on any atom is 0.440 e. The fourth-order valence-corrected chi connectivity index (χ4v) is 4.27. The molecule has 2 heterocycles. The molecule has 0 bridgehead atoms. The molecule has 8 nitrogen and oxygen atoms in total. The van der Waals surface area contributed by atoms with Crippen LogP contribution in [-0.4, -0.2) is 23.8 Å². The molecule has 3 rings (SSSR count). The van der Waals surface area contributed by atoms with Crippen molar-refractivity contribution in [2.24, 2.45) is 7.05 Å². The van der Waals surface area contributed by atoms with Crippen molar-refractivity contribution in [2.45, 2.75) is 39.0 Å². The summed E-state index contributed by atoms with van der Waals surface area (Å²) < 4.78 is 11.0. The number of thiophene rings is 1. The van der Waals surface area contributed by atoms with E-state index in [9.17, 15) is 14.4 Å². The Kier molecular flexibility index (Phi) is 5.03. The van der Waals surface area contributed by atoms with Crippen molar-refractivity contribution in [3.8, 4) is 0 Å². The molecule has 1 aliphatic carbocycles. The standard InChI is InChI=1S/C16H19N3O5S/c1-3-23-15(21)11-9-7-5-4-6-8-10(9)25-14(11)17-13(20)12-16(22)24-18-19(12)2/h3-8H2,1-2H3,(H-,17,18,20,21,22)/p+1. The highest BCUT2D eigenvalue weighted by atomic mass is 32.1. The summed E-state index contributed by atoms with van der Waals surface area (Å²) in [5, 5.41) is 5.41. The van der Waals surface area contributed by atoms with Crippen LogP contribution in [0.25, 0.3) is 0 Å². The second-order valence-corrected chi connectivity index (χ2v) is 6.94. The number of fused-ring (bicyclic) bond motifs is 1. The van der Waals surface area contributed by atoms with Crippen LogP contribution >= 0.6 is 11.3 Å². The minimum atomic E-state index is -0.768. The van der Waals surface area contributed by atoms with Crippen LogP contribution in [0.4, 0.5) is 5.00 Å². The molecule has 0 aromatic carbocycles. The lowest BCUT2D eigenvalue weighted by Gasteiger charge is -2.07. The number of hydrogen-bond donors (Lipinski definition) is 2. The molecular weight excluding hydrogens is 346 g/mol. The second kappa shape index (κ2) is 7.22. The minimum absolute atomic E-state index is 0.168. The molecular formula is C16H20N3O5S+. The Morgan fingerprint density at radius 2 is 2.08 bits per heavy atom. The van der Waals surface area contributed by atoms with Crippen LogP contribution in [0, 0.1) is 0 Å². The number of aryl methyl sites for hydroxylation is 2. The average molecular weight is 366 g/mol. The molecule has 134 valence electrons. The fourth-order valence-electron chi connectivity index (χ4n) is 3.00. The third-order valence-corrected chi connectivity index (χ3v) is 5.35. The smallest absolute Gasteiger partial charge is 0.440 e. The molecule has 0 atom stereocenters. The monoisotopic (exact) mass is 366 g/mol. The van der Waals surface area contributed by atoms with Crippen LogP contribution < -0.4 is 15.6 Å². The minimum Gasteiger partial charge on any atom is -0.462 e. The third-order valence-electron chi connectivity index (χ3n) is 4.15. The maximum atomic E-state index is 12.5. The van der Waals surface area contributed by atoms with Gasteiger partial charge >= 0.3 is 23.2 Å². The SMILES string of the molecule is CCOC(=O)c1c(NC(=O)c2c(=O)o[nH][n+]2C)sc2c1CCCCC2. The molecule has 2 N–H and O–H groups in total. The largest absolute Gasteiger partial charge is 0.462 e. The van der Waals surface area contributed by atoms with Gasteiger partial charge in [-0.2, -0.15) is 0 Å². The highest BCUT2D eigenvalue weighted by Crippen LogP contribution is 2.38. The van der Waals surface area contributed by atoms with Crippen LogP contribution in [0.3, 0.4) is 0 Å². The number of aromatic amines is 1. The molecule has 0 spiro atoms. The summed E-state index contributed by atoms with van der Waals surface area (Å²) in [6.07, 6.45) is 4.84. The summed E-state index contributed by atoms with van der Waals surface area (Å²) in [5.41, 5.74) is 0.440. The first-order chi connectivity index (χ1) is 12.0. The van der Waals surface area contributed by atoms with Crippen molar-refractivity contribution in [3.63, 3.8) is 0 Å². The van der Waals surface area contributed by atoms with Crippen molar-refractivity contribution in [1.29, 1.82) is 0 Å². The second-order valence-electron chi connectivity index (χ2n) is 5.83. The summed E-state index contributed by atoms with van der Waals surface area (Å²) in [4.78, 5) is 37.7. The summed E-state index contributed by atoms with van der Waals surface area (Å²) in [7, 11) is 1.50. The van der Waals surface area contributed by atoms with Gasteiger partial charge in [0.15, 0.2) is 7.05 Å². The van der Waals surface area contributed by atoms with E-state index in [-0.39, 0.29) is 12.3 Å². The molecule has 1 amide bonds. The number of rotatable bonds is 4. The summed E-state index contributed by atoms with van der Waals surface area (Å²) in [5.74, 6) is -1.07. The lowest BCUT2D eigenvalue weighted by molar-refractivity contribution is -0.741. The Morgan fingerprint density at radius 3 is 2.76 bits per heavy atom. The number of carbonyl (C=O) groups excluding carboxylic acids is 2. The topological polar surface area (TPSA) is 105 Å². The van der Waals surface area contributed by atoms with Gasteiger partial charge in [-0.05, 0) is 43.4 Å². The summed E-state index contributed by atoms with van der Waals surface area (Å²) in [6, 6.07) is 0. The molecule has 25 heavy (non-hydrogen) atoms. The Labute approximate surface area is 147 Å². The van der Waals surface area contributed by atoms with E-state index in [2.05, 4.69) is 15.1 Å². The molecule has 9 heteroatoms. The number of nitrogens with zero attached hydrogens (tertiary/aromatic N) is 1. The van der Waals surface area contributed by atoms with E-state index in [1.54, 1.807) is 6.92 Å². The van der Waals surface area contributed by atoms with E-state index < -0.39 is 17.5 Å². The van der Waals surface area contributed by atoms with Crippen molar-refractivity contribution in [3.05, 3.63) is 32.1 Å². The van der Waals surface area contributed by atoms with Gasteiger partial charge in [-0.25, -0.2) is 9.59 Å². The highest BCUT2D eigenvalue weighted by Gasteiger charge is 2.31. The van der Waals surface area contributed by atoms with Crippen LogP contribution in [0.15, 0.2) is 9.32 Å². The normalized spacial score (nSPS) is 13.8. The quantitative estimate of drug-likeness (QED) is 0.485. The molecule has 2 aromatic heterocycles. The number of esters is 1. The van der Waals surface area contributed by atoms with E-state index in [0.717, 1.165) is 42.5 Å². The van der Waals surface area contributed by atoms with E-state index in [1.807, 2.05) is 0 Å². The third kappa shape index (κ3) is 3.37. The van der Waals surface area contributed by atoms with Gasteiger partial charge in [-0.15, -0.1) is 11.3 Å². The zero-order valence-electron chi connectivity index (χ0n) is 14.1. The Bertz CT molecular complexity index is 864. The lowest BCUT2D eigenvalue weighted by atomic mass is 10.1. The summed E-state index contributed by atoms with van der Waals surface area (Å²) in [6.45, 7) is 2.00. The number of ether oxygens (including phenoxy) is 1. The predicted octanol–water partition coefficient (Wildman–Crippen LogP) is 1.55. The van der Waals surface area contributed by atoms with Crippen LogP contribution in [0.2, 0.25) is 0 Å². The van der Waals surface area contributed by atoms with E-state index in [1.165, 1.54) is 23.1 Å². The number of anilines is 1. The molecule has 2 aromatic rings. The average Bonchev–Trinajstić information content (AvgIpc) is 2.98. The van der Waals surface area contributed by atoms with Crippen molar-refractivity contribution < 1.29 is 23.5 Å². The molecule has 0 saturated carbocycles. The van der Waals surface area contributed by atoms with Crippen LogP contribution in [-0.2, 0) is 24.6 Å². The molecule has 0 aliphatic heterocycles. The number of aromatic nitrogens is 2. The maximum absolute atomic E-state index is 12.5. The number of hydrogen-bond acceptors (Lipinski definition) is 6. The Morgan fingerprint density at radius 1 is 1.32 bits per heavy atom. The van der Waals surface area contributed by atoms with Gasteiger partial charge in [-0.1, -0.05) is 11.1 Å². The molecule has 0 fully saturated rings. The Hall–Kier alpha value is -2.42. The first-order valence-corrected chi connectivity index (χ1v) is 9.05. The zero-order chi connectivity index (χ0) is 18.0. The lowest BCUT2D eigenvalue weighted by Crippen LogP contribution is -2.41. The highest BCUT2D eigenvalue weighted by molar-refractivity contribution is 7.17. The molecule has 0 radical (unpaired) electrons. The predicted molar refractivity (Wildman–Crippen MR) is 90.0 cm³/mol. The Balaban J connectivity index is 1.99. The van der Waals surface area contributed by atoms with Crippen molar-refractivity contribution in [2.75, 3.05) is 11.9 Å². The van der Waals surface area contributed by atoms with E-state index in [0.29, 0.717) is 10.6 Å². The first-order valence-electron chi connectivity index (χ1n) is 8.23. The van der Waals surface area contributed by atoms with E-state index in [4.69, 9.17) is 4.74 Å². The van der Waals surface area contributed by atoms with Gasteiger partial charge in [0.1, 0.15) is 5.00 Å². The van der Waals surface area contributed by atoms with E-state index >= 15 is 0 Å². The van der Waals surface area contributed by atoms with Crippen LogP contribution in [0.1, 0.15) is 57.5 Å². The van der Waals surface area contributed by atoms with Gasteiger partial charge in [0.05, 0.1) is 12.2 Å². The van der Waals surface area contributed by atoms with Crippen molar-refractivity contribution >= 4 is 28.2 Å². The van der Waals surface area contributed by atoms with Gasteiger partial charge < -0.3 is 10.1 Å². The zero-order valence-corrected chi connectivity index (χ0v) is 15.0. The van der Waals surface area contributed by atoms with Crippen LogP contribution in [0.5, 0.6) is 0 Å². The number of carbonyl (C=O) groups is 2. The summed E-state index contributed by atoms with van der Waals surface area (Å²) >= 11 is 1.38. The molecule has 1 aliphatic rings. The van der Waals surface area contributed by atoms with Gasteiger partial charge in [-0.3, -0.25) is 9.32 Å².